The summed E-state index contributed by atoms with van der Waals surface area (Å²) in [5.41, 5.74) is 5.20. The predicted octanol–water partition coefficient (Wildman–Crippen LogP) is 3.51. The number of hydrogen-bond donors (Lipinski definition) is 1. The normalized spacial score (nSPS) is 16.4. The van der Waals surface area contributed by atoms with Crippen LogP contribution in [0.5, 0.6) is 11.6 Å². The maximum atomic E-state index is 12.5. The van der Waals surface area contributed by atoms with Gasteiger partial charge in [-0.2, -0.15) is 0 Å². The smallest absolute Gasteiger partial charge is 0.479 e. The van der Waals surface area contributed by atoms with Crippen LogP contribution in [0.3, 0.4) is 0 Å². The zero-order valence-electron chi connectivity index (χ0n) is 16.6. The third-order valence-electron chi connectivity index (χ3n) is 4.44. The van der Waals surface area contributed by atoms with Gasteiger partial charge in [-0.3, -0.25) is 9.83 Å². The fourth-order valence-electron chi connectivity index (χ4n) is 3.08. The zero-order valence-corrected chi connectivity index (χ0v) is 16.6. The average molecular weight is 433 g/mol. The van der Waals surface area contributed by atoms with Crippen molar-refractivity contribution < 1.29 is 27.5 Å². The summed E-state index contributed by atoms with van der Waals surface area (Å²) in [5.74, 6) is 0.354. The third-order valence-corrected chi connectivity index (χ3v) is 4.44. The standard InChI is InChI=1S/C20H18F3N5O3/c1-12-9-28(11-24-12)17-7-6-15(26-19(17)29-2)18-25-16(10-30-27-18)13-4-3-5-14(8-13)31-20(21,22)23/h3-9,11,16H,10H2,1-2H3,(H,25,27). The van der Waals surface area contributed by atoms with Crippen molar-refractivity contribution in [1.82, 2.24) is 20.0 Å². The molecule has 3 heterocycles. The van der Waals surface area contributed by atoms with E-state index in [1.165, 1.54) is 25.3 Å². The van der Waals surface area contributed by atoms with Gasteiger partial charge in [0.1, 0.15) is 29.8 Å². The van der Waals surface area contributed by atoms with Crippen molar-refractivity contribution in [2.45, 2.75) is 19.3 Å². The summed E-state index contributed by atoms with van der Waals surface area (Å²) in [6, 6.07) is 8.62. The number of aryl methyl sites for hydroxylation is 1. The van der Waals surface area contributed by atoms with E-state index in [0.717, 1.165) is 5.69 Å². The van der Waals surface area contributed by atoms with Crippen LogP contribution in [0.4, 0.5) is 13.2 Å². The Labute approximate surface area is 175 Å². The van der Waals surface area contributed by atoms with E-state index >= 15 is 0 Å². The van der Waals surface area contributed by atoms with Gasteiger partial charge in [-0.05, 0) is 36.8 Å². The van der Waals surface area contributed by atoms with Crippen LogP contribution >= 0.6 is 0 Å². The summed E-state index contributed by atoms with van der Waals surface area (Å²) < 4.78 is 48.7. The van der Waals surface area contributed by atoms with E-state index < -0.39 is 12.4 Å². The van der Waals surface area contributed by atoms with Crippen LogP contribution in [-0.2, 0) is 4.84 Å². The van der Waals surface area contributed by atoms with Crippen molar-refractivity contribution in [1.29, 1.82) is 0 Å². The summed E-state index contributed by atoms with van der Waals surface area (Å²) in [5, 5.41) is 0. The van der Waals surface area contributed by atoms with Gasteiger partial charge >= 0.3 is 6.36 Å². The highest BCUT2D eigenvalue weighted by Gasteiger charge is 2.31. The Morgan fingerprint density at radius 3 is 2.77 bits per heavy atom. The minimum atomic E-state index is -4.77. The zero-order chi connectivity index (χ0) is 22.0. The lowest BCUT2D eigenvalue weighted by molar-refractivity contribution is -0.274. The molecular weight excluding hydrogens is 415 g/mol. The molecule has 162 valence electrons. The van der Waals surface area contributed by atoms with Crippen molar-refractivity contribution >= 4 is 5.84 Å². The molecule has 1 unspecified atom stereocenters. The van der Waals surface area contributed by atoms with Crippen LogP contribution in [0.25, 0.3) is 5.69 Å². The van der Waals surface area contributed by atoms with Gasteiger partial charge in [0, 0.05) is 6.20 Å². The van der Waals surface area contributed by atoms with Crippen LogP contribution in [0.15, 0.2) is 53.9 Å². The molecule has 1 atom stereocenters. The summed E-state index contributed by atoms with van der Waals surface area (Å²) in [4.78, 5) is 18.6. The monoisotopic (exact) mass is 433 g/mol. The Bertz CT molecular complexity index is 1110. The largest absolute Gasteiger partial charge is 0.573 e. The second-order valence-corrected chi connectivity index (χ2v) is 6.67. The number of nitrogens with one attached hydrogen (secondary N) is 1. The quantitative estimate of drug-likeness (QED) is 0.663. The van der Waals surface area contributed by atoms with E-state index in [1.54, 1.807) is 29.1 Å². The van der Waals surface area contributed by atoms with Crippen LogP contribution in [0, 0.1) is 6.92 Å². The SMILES string of the molecule is COc1nc(C2=NC(c3cccc(OC(F)(F)F)c3)CON2)ccc1-n1cnc(C)c1. The predicted molar refractivity (Wildman–Crippen MR) is 104 cm³/mol. The lowest BCUT2D eigenvalue weighted by atomic mass is 10.1. The van der Waals surface area contributed by atoms with Crippen LogP contribution in [0.2, 0.25) is 0 Å². The van der Waals surface area contributed by atoms with E-state index in [1.807, 2.05) is 13.1 Å². The van der Waals surface area contributed by atoms with Crippen molar-refractivity contribution in [3.8, 4) is 17.3 Å². The molecule has 1 aliphatic heterocycles. The first-order valence-electron chi connectivity index (χ1n) is 9.20. The van der Waals surface area contributed by atoms with E-state index in [2.05, 4.69) is 25.2 Å². The summed E-state index contributed by atoms with van der Waals surface area (Å²) in [6.07, 6.45) is -1.28. The molecule has 4 rings (SSSR count). The maximum absolute atomic E-state index is 12.5. The first kappa shape index (κ1) is 20.7. The Morgan fingerprint density at radius 2 is 2.06 bits per heavy atom. The van der Waals surface area contributed by atoms with E-state index in [-0.39, 0.29) is 12.4 Å². The van der Waals surface area contributed by atoms with Gasteiger partial charge in [0.05, 0.1) is 19.1 Å². The Hall–Kier alpha value is -3.60. The van der Waals surface area contributed by atoms with E-state index in [9.17, 15) is 13.2 Å². The number of pyridine rings is 1. The minimum absolute atomic E-state index is 0.127. The summed E-state index contributed by atoms with van der Waals surface area (Å²) >= 11 is 0. The van der Waals surface area contributed by atoms with Crippen LogP contribution in [0.1, 0.15) is 23.0 Å². The van der Waals surface area contributed by atoms with Crippen molar-refractivity contribution in [3.63, 3.8) is 0 Å². The molecule has 11 heteroatoms. The molecule has 0 saturated carbocycles. The fraction of sp³-hybridized carbons (Fsp3) is 0.250. The lowest BCUT2D eigenvalue weighted by Gasteiger charge is -2.22. The summed E-state index contributed by atoms with van der Waals surface area (Å²) in [6.45, 7) is 2.00. The number of rotatable bonds is 5. The number of amidine groups is 1. The topological polar surface area (TPSA) is 82.8 Å². The number of nitrogens with zero attached hydrogens (tertiary/aromatic N) is 4. The molecule has 31 heavy (non-hydrogen) atoms. The fourth-order valence-corrected chi connectivity index (χ4v) is 3.08. The first-order valence-corrected chi connectivity index (χ1v) is 9.20. The molecule has 2 aromatic heterocycles. The van der Waals surface area contributed by atoms with Gasteiger partial charge in [-0.25, -0.2) is 15.4 Å². The molecule has 8 nitrogen and oxygen atoms in total. The molecule has 1 aliphatic rings. The molecule has 0 saturated heterocycles. The van der Waals surface area contributed by atoms with Gasteiger partial charge in [0.2, 0.25) is 5.88 Å². The second-order valence-electron chi connectivity index (χ2n) is 6.67. The first-order chi connectivity index (χ1) is 14.8. The van der Waals surface area contributed by atoms with Crippen LogP contribution in [-0.4, -0.2) is 40.4 Å². The van der Waals surface area contributed by atoms with Crippen molar-refractivity contribution in [3.05, 3.63) is 65.9 Å². The second kappa shape index (κ2) is 8.26. The molecule has 0 bridgehead atoms. The molecular formula is C20H18F3N5O3. The number of aliphatic imine (C=N–C) groups is 1. The van der Waals surface area contributed by atoms with E-state index in [0.29, 0.717) is 28.7 Å². The molecule has 1 N–H and O–H groups in total. The molecule has 0 radical (unpaired) electrons. The highest BCUT2D eigenvalue weighted by atomic mass is 19.4. The molecule has 0 fully saturated rings. The number of hydrogen-bond acceptors (Lipinski definition) is 7. The highest BCUT2D eigenvalue weighted by molar-refractivity contribution is 5.97. The van der Waals surface area contributed by atoms with E-state index in [4.69, 9.17) is 9.57 Å². The molecule has 0 aliphatic carbocycles. The Morgan fingerprint density at radius 1 is 1.23 bits per heavy atom. The van der Waals surface area contributed by atoms with Crippen molar-refractivity contribution in [2.75, 3.05) is 13.7 Å². The number of benzene rings is 1. The number of methoxy groups -OCH3 is 1. The molecule has 0 amide bonds. The van der Waals surface area contributed by atoms with Crippen LogP contribution < -0.4 is 15.0 Å². The molecule has 3 aromatic rings. The average Bonchev–Trinajstić information content (AvgIpc) is 3.18. The molecule has 1 aromatic carbocycles. The van der Waals surface area contributed by atoms with Gasteiger partial charge in [0.25, 0.3) is 0 Å². The number of ether oxygens (including phenoxy) is 2. The lowest BCUT2D eigenvalue weighted by Crippen LogP contribution is -2.33. The van der Waals surface area contributed by atoms with Gasteiger partial charge in [0.15, 0.2) is 5.84 Å². The maximum Gasteiger partial charge on any atom is 0.573 e. The highest BCUT2D eigenvalue weighted by Crippen LogP contribution is 2.29. The van der Waals surface area contributed by atoms with Crippen molar-refractivity contribution in [2.24, 2.45) is 4.99 Å². The number of hydroxylamine groups is 1. The van der Waals surface area contributed by atoms with Gasteiger partial charge in [-0.1, -0.05) is 12.1 Å². The minimum Gasteiger partial charge on any atom is -0.479 e. The van der Waals surface area contributed by atoms with Gasteiger partial charge in [-0.15, -0.1) is 13.2 Å². The number of halogens is 3. The Kier molecular flexibility index (Phi) is 5.51. The number of alkyl halides is 3. The number of aromatic nitrogens is 3. The molecule has 0 spiro atoms. The van der Waals surface area contributed by atoms with Gasteiger partial charge < -0.3 is 14.0 Å². The third kappa shape index (κ3) is 4.77. The number of imidazole rings is 1. The Balaban J connectivity index is 1.62. The summed E-state index contributed by atoms with van der Waals surface area (Å²) in [7, 11) is 1.50.